The third-order valence-electron chi connectivity index (χ3n) is 3.67. The van der Waals surface area contributed by atoms with E-state index in [4.69, 9.17) is 22.1 Å². The molecular weight excluding hydrogens is 254 g/mol. The molecule has 1 fully saturated rings. The molecule has 1 unspecified atom stereocenters. The molecule has 0 heterocycles. The van der Waals surface area contributed by atoms with Gasteiger partial charge in [0.25, 0.3) is 0 Å². The van der Waals surface area contributed by atoms with Gasteiger partial charge in [-0.05, 0) is 43.7 Å². The minimum atomic E-state index is 0.139. The van der Waals surface area contributed by atoms with Crippen molar-refractivity contribution in [2.45, 2.75) is 36.1 Å². The Morgan fingerprint density at radius 3 is 2.53 bits per heavy atom. The van der Waals surface area contributed by atoms with Gasteiger partial charge in [0, 0.05) is 11.5 Å². The molecule has 1 aromatic rings. The van der Waals surface area contributed by atoms with E-state index in [1.54, 1.807) is 18.9 Å². The maximum atomic E-state index is 6.27. The Balaban J connectivity index is 2.47. The topological polar surface area (TPSA) is 35.2 Å². The van der Waals surface area contributed by atoms with Gasteiger partial charge in [-0.3, -0.25) is 0 Å². The fourth-order valence-corrected chi connectivity index (χ4v) is 3.32. The van der Waals surface area contributed by atoms with Crippen LogP contribution in [0, 0.1) is 0 Å². The molecule has 2 N–H and O–H groups in total. The van der Waals surface area contributed by atoms with Gasteiger partial charge >= 0.3 is 0 Å². The first-order valence-corrected chi connectivity index (χ1v) is 7.33. The van der Waals surface area contributed by atoms with E-state index in [1.165, 1.54) is 5.56 Å². The first-order chi connectivity index (χ1) is 8.05. The number of ether oxygens (including phenoxy) is 1. The summed E-state index contributed by atoms with van der Waals surface area (Å²) in [6.07, 6.45) is 4.34. The molecule has 0 amide bonds. The molecule has 0 aromatic heterocycles. The van der Waals surface area contributed by atoms with E-state index in [1.807, 2.05) is 12.3 Å². The summed E-state index contributed by atoms with van der Waals surface area (Å²) < 4.78 is 5.33. The SMILES string of the molecule is COc1c(Cl)cc(C2(C(C)N)CC2)cc1SC. The Hall–Kier alpha value is -0.380. The molecule has 0 aliphatic heterocycles. The maximum Gasteiger partial charge on any atom is 0.150 e. The van der Waals surface area contributed by atoms with Crippen LogP contribution in [-0.2, 0) is 5.41 Å². The molecule has 0 bridgehead atoms. The van der Waals surface area contributed by atoms with Crippen molar-refractivity contribution in [1.29, 1.82) is 0 Å². The van der Waals surface area contributed by atoms with Gasteiger partial charge in [0.2, 0.25) is 0 Å². The van der Waals surface area contributed by atoms with Crippen LogP contribution in [0.5, 0.6) is 5.75 Å². The number of thioether (sulfide) groups is 1. The Labute approximate surface area is 112 Å². The standard InChI is InChI=1S/C13H18ClNOS/c1-8(15)13(4-5-13)9-6-10(14)12(16-2)11(7-9)17-3/h6-8H,4-5,15H2,1-3H3. The molecule has 2 rings (SSSR count). The van der Waals surface area contributed by atoms with Crippen molar-refractivity contribution >= 4 is 23.4 Å². The molecular formula is C13H18ClNOS. The monoisotopic (exact) mass is 271 g/mol. The van der Waals surface area contributed by atoms with Crippen molar-refractivity contribution in [2.24, 2.45) is 5.73 Å². The lowest BCUT2D eigenvalue weighted by atomic mass is 9.89. The third-order valence-corrected chi connectivity index (χ3v) is 4.69. The maximum absolute atomic E-state index is 6.27. The van der Waals surface area contributed by atoms with Crippen molar-refractivity contribution in [3.63, 3.8) is 0 Å². The molecule has 1 saturated carbocycles. The summed E-state index contributed by atoms with van der Waals surface area (Å²) in [7, 11) is 1.65. The van der Waals surface area contributed by atoms with Crippen molar-refractivity contribution < 1.29 is 4.74 Å². The van der Waals surface area contributed by atoms with Crippen LogP contribution >= 0.6 is 23.4 Å². The summed E-state index contributed by atoms with van der Waals surface area (Å²) in [5.74, 6) is 0.767. The van der Waals surface area contributed by atoms with Gasteiger partial charge in [0.05, 0.1) is 17.0 Å². The molecule has 1 aromatic carbocycles. The molecule has 1 aliphatic rings. The third kappa shape index (κ3) is 2.16. The summed E-state index contributed by atoms with van der Waals surface area (Å²) in [6.45, 7) is 2.07. The van der Waals surface area contributed by atoms with Gasteiger partial charge in [-0.15, -0.1) is 11.8 Å². The number of methoxy groups -OCH3 is 1. The van der Waals surface area contributed by atoms with Gasteiger partial charge in [-0.2, -0.15) is 0 Å². The fourth-order valence-electron chi connectivity index (χ4n) is 2.35. The van der Waals surface area contributed by atoms with Crippen molar-refractivity contribution in [3.8, 4) is 5.75 Å². The smallest absolute Gasteiger partial charge is 0.150 e. The van der Waals surface area contributed by atoms with Gasteiger partial charge in [-0.1, -0.05) is 11.6 Å². The number of halogens is 1. The first kappa shape index (κ1) is 13.1. The van der Waals surface area contributed by atoms with E-state index in [0.717, 1.165) is 23.5 Å². The zero-order chi connectivity index (χ0) is 12.6. The van der Waals surface area contributed by atoms with E-state index >= 15 is 0 Å². The van der Waals surface area contributed by atoms with Gasteiger partial charge < -0.3 is 10.5 Å². The number of rotatable bonds is 4. The highest BCUT2D eigenvalue weighted by molar-refractivity contribution is 7.98. The molecule has 4 heteroatoms. The molecule has 94 valence electrons. The van der Waals surface area contributed by atoms with Crippen LogP contribution in [0.2, 0.25) is 5.02 Å². The molecule has 0 saturated heterocycles. The van der Waals surface area contributed by atoms with Gasteiger partial charge in [0.15, 0.2) is 5.75 Å². The second-order valence-corrected chi connectivity index (χ2v) is 5.89. The second-order valence-electron chi connectivity index (χ2n) is 4.64. The highest BCUT2D eigenvalue weighted by Crippen LogP contribution is 2.52. The van der Waals surface area contributed by atoms with E-state index in [9.17, 15) is 0 Å². The van der Waals surface area contributed by atoms with Crippen molar-refractivity contribution in [3.05, 3.63) is 22.7 Å². The van der Waals surface area contributed by atoms with Crippen LogP contribution in [-0.4, -0.2) is 19.4 Å². The molecule has 1 atom stereocenters. The highest BCUT2D eigenvalue weighted by atomic mass is 35.5. The number of hydrogen-bond donors (Lipinski definition) is 1. The van der Waals surface area contributed by atoms with Crippen molar-refractivity contribution in [1.82, 2.24) is 0 Å². The van der Waals surface area contributed by atoms with E-state index < -0.39 is 0 Å². The quantitative estimate of drug-likeness (QED) is 0.852. The van der Waals surface area contributed by atoms with Crippen LogP contribution in [0.3, 0.4) is 0 Å². The molecule has 17 heavy (non-hydrogen) atoms. The van der Waals surface area contributed by atoms with Gasteiger partial charge in [-0.25, -0.2) is 0 Å². The van der Waals surface area contributed by atoms with E-state index in [0.29, 0.717) is 5.02 Å². The minimum absolute atomic E-state index is 0.139. The molecule has 0 radical (unpaired) electrons. The van der Waals surface area contributed by atoms with E-state index in [2.05, 4.69) is 13.0 Å². The van der Waals surface area contributed by atoms with Crippen molar-refractivity contribution in [2.75, 3.05) is 13.4 Å². The van der Waals surface area contributed by atoms with Gasteiger partial charge in [0.1, 0.15) is 0 Å². The largest absolute Gasteiger partial charge is 0.494 e. The van der Waals surface area contributed by atoms with E-state index in [-0.39, 0.29) is 11.5 Å². The summed E-state index contributed by atoms with van der Waals surface area (Å²) in [4.78, 5) is 1.09. The Bertz CT molecular complexity index is 430. The number of nitrogens with two attached hydrogens (primary N) is 1. The Kier molecular flexibility index (Phi) is 3.62. The summed E-state index contributed by atoms with van der Waals surface area (Å²) in [5, 5.41) is 0.682. The predicted octanol–water partition coefficient (Wildman–Crippen LogP) is 3.45. The van der Waals surface area contributed by atoms with Crippen LogP contribution < -0.4 is 10.5 Å². The second kappa shape index (κ2) is 4.71. The van der Waals surface area contributed by atoms with Crippen LogP contribution in [0.15, 0.2) is 17.0 Å². The lowest BCUT2D eigenvalue weighted by Crippen LogP contribution is -2.31. The van der Waals surface area contributed by atoms with Crippen LogP contribution in [0.4, 0.5) is 0 Å². The number of benzene rings is 1. The highest BCUT2D eigenvalue weighted by Gasteiger charge is 2.47. The lowest BCUT2D eigenvalue weighted by Gasteiger charge is -2.22. The molecule has 0 spiro atoms. The minimum Gasteiger partial charge on any atom is -0.494 e. The average molecular weight is 272 g/mol. The zero-order valence-corrected chi connectivity index (χ0v) is 12.0. The zero-order valence-electron chi connectivity index (χ0n) is 10.4. The normalized spacial score (nSPS) is 18.9. The fraction of sp³-hybridized carbons (Fsp3) is 0.538. The Morgan fingerprint density at radius 1 is 1.47 bits per heavy atom. The Morgan fingerprint density at radius 2 is 2.12 bits per heavy atom. The predicted molar refractivity (Wildman–Crippen MR) is 74.3 cm³/mol. The van der Waals surface area contributed by atoms with Crippen LogP contribution in [0.25, 0.3) is 0 Å². The molecule has 1 aliphatic carbocycles. The number of hydrogen-bond acceptors (Lipinski definition) is 3. The van der Waals surface area contributed by atoms with Crippen LogP contribution in [0.1, 0.15) is 25.3 Å². The molecule has 2 nitrogen and oxygen atoms in total. The summed E-state index contributed by atoms with van der Waals surface area (Å²) >= 11 is 7.93. The average Bonchev–Trinajstić information content (AvgIpc) is 3.08. The lowest BCUT2D eigenvalue weighted by molar-refractivity contribution is 0.404. The summed E-state index contributed by atoms with van der Waals surface area (Å²) in [5.41, 5.74) is 7.49. The summed E-state index contributed by atoms with van der Waals surface area (Å²) in [6, 6.07) is 4.35. The first-order valence-electron chi connectivity index (χ1n) is 5.72.